The first-order valence-corrected chi connectivity index (χ1v) is 19.4. The van der Waals surface area contributed by atoms with E-state index < -0.39 is 12.2 Å². The number of para-hydroxylation sites is 1. The molecule has 1 aromatic heterocycles. The third-order valence-corrected chi connectivity index (χ3v) is 10.4. The number of aliphatic hydroxyl groups excluding tert-OH is 1. The van der Waals surface area contributed by atoms with Crippen LogP contribution in [0.2, 0.25) is 0 Å². The van der Waals surface area contributed by atoms with E-state index in [0.29, 0.717) is 29.6 Å². The van der Waals surface area contributed by atoms with Gasteiger partial charge in [-0.2, -0.15) is 0 Å². The molecule has 0 saturated carbocycles. The Labute approximate surface area is 327 Å². The molecule has 0 radical (unpaired) electrons. The molecule has 6 N–H and O–H groups in total. The molecule has 1 amide bonds. The van der Waals surface area contributed by atoms with Crippen molar-refractivity contribution < 1.29 is 19.7 Å². The molecule has 288 valence electrons. The van der Waals surface area contributed by atoms with Gasteiger partial charge in [0.2, 0.25) is 5.56 Å². The summed E-state index contributed by atoms with van der Waals surface area (Å²) in [5.74, 6) is -0.0224. The zero-order valence-electron chi connectivity index (χ0n) is 31.4. The predicted molar refractivity (Wildman–Crippen MR) is 224 cm³/mol. The summed E-state index contributed by atoms with van der Waals surface area (Å²) in [4.78, 5) is 29.6. The fourth-order valence-corrected chi connectivity index (χ4v) is 7.32. The third kappa shape index (κ3) is 10.2. The molecule has 10 heteroatoms. The summed E-state index contributed by atoms with van der Waals surface area (Å²) < 4.78 is 5.82. The lowest BCUT2D eigenvalue weighted by atomic mass is 10.0. The molecular weight excluding hydrogens is 703 g/mol. The fraction of sp³-hybridized carbons (Fsp3) is 0.261. The quantitative estimate of drug-likeness (QED) is 0.0579. The highest BCUT2D eigenvalue weighted by Gasteiger charge is 2.22. The van der Waals surface area contributed by atoms with Crippen LogP contribution in [0.1, 0.15) is 42.1 Å². The summed E-state index contributed by atoms with van der Waals surface area (Å²) in [5.41, 5.74) is 7.99. The molecule has 5 aromatic carbocycles. The van der Waals surface area contributed by atoms with E-state index in [1.807, 2.05) is 54.6 Å². The van der Waals surface area contributed by atoms with Crippen molar-refractivity contribution >= 4 is 34.1 Å². The van der Waals surface area contributed by atoms with Crippen LogP contribution in [0.25, 0.3) is 22.0 Å². The number of carbonyl (C=O) groups is 1. The number of H-pyrrole nitrogens is 1. The number of aromatic hydroxyl groups is 1. The molecule has 0 aliphatic carbocycles. The first kappa shape index (κ1) is 38.3. The number of likely N-dealkylation sites (tertiary alicyclic amines) is 1. The van der Waals surface area contributed by atoms with Gasteiger partial charge in [0.25, 0.3) is 0 Å². The molecule has 1 fully saturated rings. The molecule has 6 aromatic rings. The second-order valence-electron chi connectivity index (χ2n) is 14.4. The van der Waals surface area contributed by atoms with Crippen molar-refractivity contribution in [2.24, 2.45) is 0 Å². The van der Waals surface area contributed by atoms with E-state index in [1.165, 1.54) is 23.3 Å². The Balaban J connectivity index is 0.777. The largest absolute Gasteiger partial charge is 0.506 e. The van der Waals surface area contributed by atoms with Crippen LogP contribution >= 0.6 is 0 Å². The number of aliphatic hydroxyl groups is 1. The van der Waals surface area contributed by atoms with Crippen molar-refractivity contribution in [2.75, 3.05) is 43.4 Å². The molecule has 10 nitrogen and oxygen atoms in total. The number of phenolic OH excluding ortho intramolecular Hbond substituents is 1. The van der Waals surface area contributed by atoms with Gasteiger partial charge in [0, 0.05) is 48.0 Å². The standard InChI is InChI=1S/C46H49N5O5/c52-42-22-20-39(40-21-23-44(54)50-45(40)42)43(53)31-47-27-24-33-14-18-36(19-15-33)48-35-16-12-32(13-17-35)7-6-28-51-29-25-37(26-30-51)56-46(55)49-41-11-5-4-10-38(41)34-8-2-1-3-9-34/h1-5,8-23,37,43,47-48,52-53H,6-7,24-31H2,(H,49,55)(H,50,54). The van der Waals surface area contributed by atoms with E-state index in [4.69, 9.17) is 4.74 Å². The molecule has 0 spiro atoms. The Kier molecular flexibility index (Phi) is 12.7. The number of rotatable bonds is 15. The van der Waals surface area contributed by atoms with Crippen molar-refractivity contribution in [3.8, 4) is 16.9 Å². The highest BCUT2D eigenvalue weighted by molar-refractivity contribution is 5.91. The van der Waals surface area contributed by atoms with Crippen LogP contribution in [-0.2, 0) is 17.6 Å². The van der Waals surface area contributed by atoms with Crippen LogP contribution in [0.4, 0.5) is 21.9 Å². The van der Waals surface area contributed by atoms with E-state index in [-0.39, 0.29) is 17.4 Å². The lowest BCUT2D eigenvalue weighted by Gasteiger charge is -2.31. The summed E-state index contributed by atoms with van der Waals surface area (Å²) in [6, 6.07) is 41.0. The minimum absolute atomic E-state index is 0.0224. The van der Waals surface area contributed by atoms with Gasteiger partial charge in [-0.3, -0.25) is 10.1 Å². The van der Waals surface area contributed by atoms with Crippen molar-refractivity contribution in [3.63, 3.8) is 0 Å². The van der Waals surface area contributed by atoms with E-state index >= 15 is 0 Å². The minimum Gasteiger partial charge on any atom is -0.506 e. The molecule has 1 unspecified atom stereocenters. The zero-order valence-corrected chi connectivity index (χ0v) is 31.4. The molecule has 7 rings (SSSR count). The average molecular weight is 752 g/mol. The van der Waals surface area contributed by atoms with Gasteiger partial charge in [-0.15, -0.1) is 0 Å². The molecule has 1 saturated heterocycles. The normalized spacial score (nSPS) is 14.0. The highest BCUT2D eigenvalue weighted by atomic mass is 16.6. The first-order valence-electron chi connectivity index (χ1n) is 19.4. The fourth-order valence-electron chi connectivity index (χ4n) is 7.32. The molecule has 1 atom stereocenters. The molecule has 2 heterocycles. The summed E-state index contributed by atoms with van der Waals surface area (Å²) in [6.07, 6.45) is 3.28. The Morgan fingerprint density at radius 3 is 2.21 bits per heavy atom. The van der Waals surface area contributed by atoms with Crippen molar-refractivity contribution in [3.05, 3.63) is 154 Å². The van der Waals surface area contributed by atoms with E-state index in [2.05, 4.69) is 74.4 Å². The summed E-state index contributed by atoms with van der Waals surface area (Å²) >= 11 is 0. The lowest BCUT2D eigenvalue weighted by molar-refractivity contribution is 0.0587. The van der Waals surface area contributed by atoms with Gasteiger partial charge in [0.05, 0.1) is 17.3 Å². The summed E-state index contributed by atoms with van der Waals surface area (Å²) in [6.45, 7) is 3.89. The van der Waals surface area contributed by atoms with Gasteiger partial charge in [0.15, 0.2) is 0 Å². The number of fused-ring (bicyclic) bond motifs is 1. The van der Waals surface area contributed by atoms with Gasteiger partial charge < -0.3 is 35.5 Å². The van der Waals surface area contributed by atoms with Crippen LogP contribution in [0.3, 0.4) is 0 Å². The smallest absolute Gasteiger partial charge is 0.411 e. The van der Waals surface area contributed by atoms with Gasteiger partial charge in [-0.25, -0.2) is 4.79 Å². The monoisotopic (exact) mass is 751 g/mol. The van der Waals surface area contributed by atoms with Crippen molar-refractivity contribution in [2.45, 2.75) is 44.3 Å². The van der Waals surface area contributed by atoms with Crippen LogP contribution in [0.5, 0.6) is 5.75 Å². The number of piperidine rings is 1. The number of anilines is 3. The lowest BCUT2D eigenvalue weighted by Crippen LogP contribution is -2.39. The average Bonchev–Trinajstić information content (AvgIpc) is 3.22. The molecular formula is C46H49N5O5. The van der Waals surface area contributed by atoms with Crippen LogP contribution in [0.15, 0.2) is 132 Å². The number of phenols is 1. The summed E-state index contributed by atoms with van der Waals surface area (Å²) in [5, 5.41) is 31.3. The number of aromatic nitrogens is 1. The summed E-state index contributed by atoms with van der Waals surface area (Å²) in [7, 11) is 0. The van der Waals surface area contributed by atoms with Crippen LogP contribution in [0, 0.1) is 0 Å². The Morgan fingerprint density at radius 1 is 0.804 bits per heavy atom. The number of amides is 1. The second kappa shape index (κ2) is 18.6. The maximum atomic E-state index is 12.8. The number of hydrogen-bond acceptors (Lipinski definition) is 8. The molecule has 0 bridgehead atoms. The number of carbonyl (C=O) groups excluding carboxylic acids is 1. The molecule has 1 aliphatic heterocycles. The first-order chi connectivity index (χ1) is 27.4. The number of nitrogens with zero attached hydrogens (tertiary/aromatic N) is 1. The van der Waals surface area contributed by atoms with Gasteiger partial charge >= 0.3 is 6.09 Å². The highest BCUT2D eigenvalue weighted by Crippen LogP contribution is 2.30. The maximum absolute atomic E-state index is 12.8. The number of ether oxygens (including phenoxy) is 1. The van der Waals surface area contributed by atoms with Crippen molar-refractivity contribution in [1.29, 1.82) is 0 Å². The van der Waals surface area contributed by atoms with Crippen LogP contribution in [-0.4, -0.2) is 65.0 Å². The number of nitrogens with one attached hydrogen (secondary N) is 4. The van der Waals surface area contributed by atoms with E-state index in [1.54, 1.807) is 12.1 Å². The Bertz CT molecular complexity index is 2250. The van der Waals surface area contributed by atoms with E-state index in [0.717, 1.165) is 79.9 Å². The van der Waals surface area contributed by atoms with Crippen molar-refractivity contribution in [1.82, 2.24) is 15.2 Å². The topological polar surface area (TPSA) is 139 Å². The Morgan fingerprint density at radius 2 is 1.48 bits per heavy atom. The maximum Gasteiger partial charge on any atom is 0.411 e. The number of pyridine rings is 1. The molecule has 1 aliphatic rings. The second-order valence-corrected chi connectivity index (χ2v) is 14.4. The number of aromatic amines is 1. The molecule has 56 heavy (non-hydrogen) atoms. The van der Waals surface area contributed by atoms with Gasteiger partial charge in [0.1, 0.15) is 11.9 Å². The number of aryl methyl sites for hydroxylation is 1. The SMILES string of the molecule is O=C(Nc1ccccc1-c1ccccc1)OC1CCN(CCCc2ccc(Nc3ccc(CCNCC(O)c4ccc(O)c5[nH]c(=O)ccc45)cc3)cc2)CC1. The van der Waals surface area contributed by atoms with E-state index in [9.17, 15) is 19.8 Å². The van der Waals surface area contributed by atoms with Gasteiger partial charge in [-0.05, 0) is 110 Å². The Hall–Kier alpha value is -5.94. The zero-order chi connectivity index (χ0) is 38.7. The van der Waals surface area contributed by atoms with Gasteiger partial charge in [-0.1, -0.05) is 78.9 Å². The minimum atomic E-state index is -0.788. The predicted octanol–water partition coefficient (Wildman–Crippen LogP) is 8.16. The number of benzene rings is 5. The third-order valence-electron chi connectivity index (χ3n) is 10.4. The van der Waals surface area contributed by atoms with Crippen LogP contribution < -0.4 is 21.5 Å². The number of hydrogen-bond donors (Lipinski definition) is 6.